The van der Waals surface area contributed by atoms with E-state index in [1.54, 1.807) is 0 Å². The second-order valence-electron chi connectivity index (χ2n) is 4.61. The molecule has 1 unspecified atom stereocenters. The predicted molar refractivity (Wildman–Crippen MR) is 88.9 cm³/mol. The molecule has 4 heteroatoms. The van der Waals surface area contributed by atoms with Crippen molar-refractivity contribution in [2.75, 3.05) is 11.9 Å². The van der Waals surface area contributed by atoms with Crippen molar-refractivity contribution in [3.8, 4) is 0 Å². The molecule has 0 amide bonds. The Hall–Kier alpha value is -1.56. The van der Waals surface area contributed by atoms with Crippen molar-refractivity contribution in [3.05, 3.63) is 63.7 Å². The average molecular weight is 381 g/mol. The molecule has 0 bridgehead atoms. The minimum absolute atomic E-state index is 0.421. The number of carboxylic acids is 1. The molecule has 1 atom stereocenters. The van der Waals surface area contributed by atoms with Crippen molar-refractivity contribution < 1.29 is 9.90 Å². The highest BCUT2D eigenvalue weighted by molar-refractivity contribution is 14.1. The van der Waals surface area contributed by atoms with Crippen LogP contribution in [-0.4, -0.2) is 17.6 Å². The standard InChI is InChI=1S/C16H16INO2/c17-14-6-8-15(9-7-14)18-11-13(16(19)20)10-12-4-2-1-3-5-12/h1-9,13,18H,10-11H2,(H,19,20). The lowest BCUT2D eigenvalue weighted by molar-refractivity contribution is -0.141. The number of halogens is 1. The van der Waals surface area contributed by atoms with E-state index in [2.05, 4.69) is 27.9 Å². The van der Waals surface area contributed by atoms with Gasteiger partial charge in [0.2, 0.25) is 0 Å². The highest BCUT2D eigenvalue weighted by Crippen LogP contribution is 2.14. The van der Waals surface area contributed by atoms with Crippen LogP contribution in [0.3, 0.4) is 0 Å². The van der Waals surface area contributed by atoms with Gasteiger partial charge in [0.05, 0.1) is 5.92 Å². The summed E-state index contributed by atoms with van der Waals surface area (Å²) in [5.74, 6) is -1.21. The van der Waals surface area contributed by atoms with Gasteiger partial charge in [-0.3, -0.25) is 4.79 Å². The number of hydrogen-bond acceptors (Lipinski definition) is 2. The van der Waals surface area contributed by atoms with Crippen molar-refractivity contribution in [2.45, 2.75) is 6.42 Å². The third-order valence-electron chi connectivity index (χ3n) is 3.07. The first kappa shape index (κ1) is 14.8. The minimum atomic E-state index is -0.771. The SMILES string of the molecule is O=C(O)C(CNc1ccc(I)cc1)Cc1ccccc1. The maximum absolute atomic E-state index is 11.3. The van der Waals surface area contributed by atoms with E-state index in [-0.39, 0.29) is 0 Å². The Morgan fingerprint density at radius 3 is 2.35 bits per heavy atom. The molecule has 3 nitrogen and oxygen atoms in total. The summed E-state index contributed by atoms with van der Waals surface area (Å²) in [5, 5.41) is 12.5. The zero-order chi connectivity index (χ0) is 14.4. The van der Waals surface area contributed by atoms with Gasteiger partial charge < -0.3 is 10.4 Å². The third kappa shape index (κ3) is 4.52. The van der Waals surface area contributed by atoms with E-state index < -0.39 is 11.9 Å². The second kappa shape index (κ2) is 7.28. The lowest BCUT2D eigenvalue weighted by atomic mass is 9.99. The lowest BCUT2D eigenvalue weighted by Gasteiger charge is -2.14. The van der Waals surface area contributed by atoms with E-state index in [1.165, 1.54) is 0 Å². The molecule has 0 heterocycles. The largest absolute Gasteiger partial charge is 0.481 e. The van der Waals surface area contributed by atoms with Crippen LogP contribution in [0.1, 0.15) is 5.56 Å². The summed E-state index contributed by atoms with van der Waals surface area (Å²) in [4.78, 5) is 11.3. The molecule has 0 fully saturated rings. The number of hydrogen-bond donors (Lipinski definition) is 2. The first-order chi connectivity index (χ1) is 9.65. The van der Waals surface area contributed by atoms with Gasteiger partial charge in [-0.25, -0.2) is 0 Å². The zero-order valence-corrected chi connectivity index (χ0v) is 13.1. The number of aliphatic carboxylic acids is 1. The molecule has 2 rings (SSSR count). The van der Waals surface area contributed by atoms with E-state index >= 15 is 0 Å². The summed E-state index contributed by atoms with van der Waals surface area (Å²) in [5.41, 5.74) is 1.99. The maximum atomic E-state index is 11.3. The highest BCUT2D eigenvalue weighted by Gasteiger charge is 2.17. The molecule has 0 saturated heterocycles. The molecule has 2 aromatic carbocycles. The van der Waals surface area contributed by atoms with Crippen LogP contribution in [0.25, 0.3) is 0 Å². The highest BCUT2D eigenvalue weighted by atomic mass is 127. The van der Waals surface area contributed by atoms with Gasteiger partial charge in [-0.15, -0.1) is 0 Å². The van der Waals surface area contributed by atoms with Crippen LogP contribution in [0, 0.1) is 9.49 Å². The molecule has 0 aliphatic rings. The van der Waals surface area contributed by atoms with Crippen LogP contribution in [0.2, 0.25) is 0 Å². The molecule has 20 heavy (non-hydrogen) atoms. The van der Waals surface area contributed by atoms with Crippen LogP contribution >= 0.6 is 22.6 Å². The van der Waals surface area contributed by atoms with Crippen LogP contribution in [0.15, 0.2) is 54.6 Å². The number of carboxylic acid groups (broad SMARTS) is 1. The summed E-state index contributed by atoms with van der Waals surface area (Å²) < 4.78 is 1.16. The molecule has 0 saturated carbocycles. The quantitative estimate of drug-likeness (QED) is 0.752. The predicted octanol–water partition coefficient (Wildman–Crippen LogP) is 3.65. The lowest BCUT2D eigenvalue weighted by Crippen LogP contribution is -2.25. The zero-order valence-electron chi connectivity index (χ0n) is 10.9. The van der Waals surface area contributed by atoms with E-state index in [4.69, 9.17) is 0 Å². The second-order valence-corrected chi connectivity index (χ2v) is 5.86. The number of benzene rings is 2. The summed E-state index contributed by atoms with van der Waals surface area (Å²) in [7, 11) is 0. The Balaban J connectivity index is 1.96. The van der Waals surface area contributed by atoms with Crippen LogP contribution in [0.4, 0.5) is 5.69 Å². The van der Waals surface area contributed by atoms with E-state index in [0.717, 1.165) is 14.8 Å². The first-order valence-corrected chi connectivity index (χ1v) is 7.49. The first-order valence-electron chi connectivity index (χ1n) is 6.41. The maximum Gasteiger partial charge on any atom is 0.308 e. The van der Waals surface area contributed by atoms with E-state index in [1.807, 2.05) is 54.6 Å². The molecule has 0 spiro atoms. The molecule has 2 aromatic rings. The molecular weight excluding hydrogens is 365 g/mol. The fraction of sp³-hybridized carbons (Fsp3) is 0.188. The van der Waals surface area contributed by atoms with Gasteiger partial charge >= 0.3 is 5.97 Å². The van der Waals surface area contributed by atoms with Gasteiger partial charge in [-0.05, 0) is 58.8 Å². The van der Waals surface area contributed by atoms with Gasteiger partial charge in [-0.1, -0.05) is 30.3 Å². The molecule has 0 aromatic heterocycles. The fourth-order valence-electron chi connectivity index (χ4n) is 1.95. The summed E-state index contributed by atoms with van der Waals surface area (Å²) in [6.07, 6.45) is 0.535. The third-order valence-corrected chi connectivity index (χ3v) is 3.79. The average Bonchev–Trinajstić information content (AvgIpc) is 2.46. The Morgan fingerprint density at radius 1 is 1.10 bits per heavy atom. The molecule has 2 N–H and O–H groups in total. The number of nitrogens with one attached hydrogen (secondary N) is 1. The van der Waals surface area contributed by atoms with Crippen molar-refractivity contribution in [3.63, 3.8) is 0 Å². The van der Waals surface area contributed by atoms with E-state index in [0.29, 0.717) is 13.0 Å². The molecule has 0 aliphatic heterocycles. The van der Waals surface area contributed by atoms with Crippen LogP contribution in [-0.2, 0) is 11.2 Å². The summed E-state index contributed by atoms with van der Waals surface area (Å²) >= 11 is 2.24. The smallest absolute Gasteiger partial charge is 0.308 e. The topological polar surface area (TPSA) is 49.3 Å². The van der Waals surface area contributed by atoms with Crippen molar-refractivity contribution in [1.82, 2.24) is 0 Å². The normalized spacial score (nSPS) is 11.8. The molecular formula is C16H16INO2. The Morgan fingerprint density at radius 2 is 1.75 bits per heavy atom. The van der Waals surface area contributed by atoms with Gasteiger partial charge in [0.25, 0.3) is 0 Å². The van der Waals surface area contributed by atoms with Crippen LogP contribution < -0.4 is 5.32 Å². The van der Waals surface area contributed by atoms with Gasteiger partial charge in [0, 0.05) is 15.8 Å². The Labute approximate surface area is 132 Å². The monoisotopic (exact) mass is 381 g/mol. The van der Waals surface area contributed by atoms with Crippen molar-refractivity contribution in [2.24, 2.45) is 5.92 Å². The number of carbonyl (C=O) groups is 1. The molecule has 0 radical (unpaired) electrons. The molecule has 104 valence electrons. The Kier molecular flexibility index (Phi) is 5.40. The van der Waals surface area contributed by atoms with Crippen molar-refractivity contribution in [1.29, 1.82) is 0 Å². The van der Waals surface area contributed by atoms with Crippen molar-refractivity contribution >= 4 is 34.2 Å². The molecule has 0 aliphatic carbocycles. The van der Waals surface area contributed by atoms with Crippen LogP contribution in [0.5, 0.6) is 0 Å². The summed E-state index contributed by atoms with van der Waals surface area (Å²) in [6.45, 7) is 0.421. The number of anilines is 1. The van der Waals surface area contributed by atoms with E-state index in [9.17, 15) is 9.90 Å². The Bertz CT molecular complexity index is 554. The van der Waals surface area contributed by atoms with Gasteiger partial charge in [0.15, 0.2) is 0 Å². The summed E-state index contributed by atoms with van der Waals surface area (Å²) in [6, 6.07) is 17.6. The van der Waals surface area contributed by atoms with Gasteiger partial charge in [-0.2, -0.15) is 0 Å². The number of rotatable bonds is 6. The minimum Gasteiger partial charge on any atom is -0.481 e. The fourth-order valence-corrected chi connectivity index (χ4v) is 2.31. The van der Waals surface area contributed by atoms with Gasteiger partial charge in [0.1, 0.15) is 0 Å².